The van der Waals surface area contributed by atoms with Crippen LogP contribution < -0.4 is 24.4 Å². The molecule has 12 nitrogen and oxygen atoms in total. The third-order valence-electron chi connectivity index (χ3n) is 7.36. The molecule has 2 amide bonds. The van der Waals surface area contributed by atoms with Gasteiger partial charge < -0.3 is 29.3 Å². The molecule has 1 saturated heterocycles. The largest absolute Gasteiger partial charge is 0.497 e. The van der Waals surface area contributed by atoms with E-state index < -0.39 is 0 Å². The van der Waals surface area contributed by atoms with Gasteiger partial charge in [-0.2, -0.15) is 4.98 Å². The first-order chi connectivity index (χ1) is 20.6. The minimum Gasteiger partial charge on any atom is -0.497 e. The Morgan fingerprint density at radius 3 is 2.71 bits per heavy atom. The zero-order valence-corrected chi connectivity index (χ0v) is 23.2. The summed E-state index contributed by atoms with van der Waals surface area (Å²) in [5.74, 6) is 3.08. The maximum atomic E-state index is 13.6. The van der Waals surface area contributed by atoms with Crippen LogP contribution in [0, 0.1) is 0 Å². The van der Waals surface area contributed by atoms with Crippen LogP contribution in [0.5, 0.6) is 17.2 Å². The van der Waals surface area contributed by atoms with Gasteiger partial charge in [0, 0.05) is 56.8 Å². The number of carbonyl (C=O) groups is 2. The van der Waals surface area contributed by atoms with E-state index in [9.17, 15) is 9.59 Å². The van der Waals surface area contributed by atoms with Crippen LogP contribution in [0.3, 0.4) is 0 Å². The molecule has 1 atom stereocenters. The standard InChI is InChI=1S/C30H31N7O5/c1-40-24-5-3-22(4-6-24)29(39)37-15-14-35(27-9-11-33-30(34-27)36-13-12-31-19-36)18-23(37)17-28(38)32-10-8-21-2-7-25-26(16-21)42-20-41-25/h2-7,9,11-13,16,19,23H,8,10,14-15,17-18,20H2,1H3,(H,32,38). The first-order valence-corrected chi connectivity index (χ1v) is 13.7. The van der Waals surface area contributed by atoms with Crippen molar-refractivity contribution >= 4 is 17.6 Å². The number of imidazole rings is 1. The molecule has 6 rings (SSSR count). The summed E-state index contributed by atoms with van der Waals surface area (Å²) >= 11 is 0. The van der Waals surface area contributed by atoms with Gasteiger partial charge in [-0.3, -0.25) is 14.2 Å². The number of hydrogen-bond donors (Lipinski definition) is 1. The number of amides is 2. The molecule has 1 N–H and O–H groups in total. The van der Waals surface area contributed by atoms with Crippen LogP contribution in [0.4, 0.5) is 5.82 Å². The van der Waals surface area contributed by atoms with Crippen LogP contribution >= 0.6 is 0 Å². The molecule has 0 saturated carbocycles. The summed E-state index contributed by atoms with van der Waals surface area (Å²) in [7, 11) is 1.59. The number of anilines is 1. The van der Waals surface area contributed by atoms with E-state index in [0.717, 1.165) is 22.9 Å². The first-order valence-electron chi connectivity index (χ1n) is 13.7. The van der Waals surface area contributed by atoms with E-state index in [1.165, 1.54) is 0 Å². The zero-order chi connectivity index (χ0) is 28.9. The number of aromatic nitrogens is 4. The number of hydrogen-bond acceptors (Lipinski definition) is 9. The van der Waals surface area contributed by atoms with Gasteiger partial charge in [-0.25, -0.2) is 9.97 Å². The van der Waals surface area contributed by atoms with Gasteiger partial charge in [0.15, 0.2) is 11.5 Å². The molecule has 1 fully saturated rings. The average molecular weight is 570 g/mol. The van der Waals surface area contributed by atoms with Crippen molar-refractivity contribution in [2.75, 3.05) is 45.0 Å². The molecule has 1 unspecified atom stereocenters. The topological polar surface area (TPSA) is 124 Å². The number of methoxy groups -OCH3 is 1. The van der Waals surface area contributed by atoms with Gasteiger partial charge in [0.2, 0.25) is 18.6 Å². The lowest BCUT2D eigenvalue weighted by molar-refractivity contribution is -0.122. The maximum absolute atomic E-state index is 13.6. The lowest BCUT2D eigenvalue weighted by atomic mass is 10.0. The molecular formula is C30H31N7O5. The van der Waals surface area contributed by atoms with E-state index >= 15 is 0 Å². The number of carbonyl (C=O) groups excluding carboxylic acids is 2. The number of nitrogens with one attached hydrogen (secondary N) is 1. The van der Waals surface area contributed by atoms with Crippen molar-refractivity contribution in [3.05, 3.63) is 84.6 Å². The predicted molar refractivity (Wildman–Crippen MR) is 153 cm³/mol. The van der Waals surface area contributed by atoms with Crippen molar-refractivity contribution in [2.24, 2.45) is 0 Å². The normalized spacial score (nSPS) is 15.9. The molecule has 2 aromatic heterocycles. The van der Waals surface area contributed by atoms with Crippen molar-refractivity contribution in [3.63, 3.8) is 0 Å². The molecule has 2 aliphatic heterocycles. The van der Waals surface area contributed by atoms with Gasteiger partial charge in [-0.15, -0.1) is 0 Å². The maximum Gasteiger partial charge on any atom is 0.254 e. The number of fused-ring (bicyclic) bond motifs is 1. The molecule has 12 heteroatoms. The second-order valence-electron chi connectivity index (χ2n) is 10.0. The summed E-state index contributed by atoms with van der Waals surface area (Å²) in [6.45, 7) is 2.12. The van der Waals surface area contributed by atoms with Crippen LogP contribution in [0.2, 0.25) is 0 Å². The van der Waals surface area contributed by atoms with Crippen LogP contribution in [-0.2, 0) is 11.2 Å². The summed E-state index contributed by atoms with van der Waals surface area (Å²) < 4.78 is 17.8. The Hall–Kier alpha value is -5.13. The molecule has 4 aromatic rings. The summed E-state index contributed by atoms with van der Waals surface area (Å²) in [6, 6.07) is 14.3. The quantitative estimate of drug-likeness (QED) is 0.324. The van der Waals surface area contributed by atoms with E-state index in [2.05, 4.69) is 20.2 Å². The Morgan fingerprint density at radius 2 is 1.90 bits per heavy atom. The monoisotopic (exact) mass is 569 g/mol. The van der Waals surface area contributed by atoms with Gasteiger partial charge in [-0.05, 0) is 54.4 Å². The molecule has 42 heavy (non-hydrogen) atoms. The highest BCUT2D eigenvalue weighted by Crippen LogP contribution is 2.32. The second kappa shape index (κ2) is 12.2. The summed E-state index contributed by atoms with van der Waals surface area (Å²) in [6.07, 6.45) is 7.58. The predicted octanol–water partition coefficient (Wildman–Crippen LogP) is 2.48. The molecule has 0 radical (unpaired) electrons. The Balaban J connectivity index is 1.15. The van der Waals surface area contributed by atoms with Crippen LogP contribution in [0.15, 0.2) is 73.4 Å². The van der Waals surface area contributed by atoms with E-state index in [0.29, 0.717) is 49.9 Å². The Morgan fingerprint density at radius 1 is 1.05 bits per heavy atom. The molecular weight excluding hydrogens is 538 g/mol. The molecule has 0 aliphatic carbocycles. The van der Waals surface area contributed by atoms with Crippen LogP contribution in [-0.4, -0.2) is 82.4 Å². The molecule has 216 valence electrons. The highest BCUT2D eigenvalue weighted by molar-refractivity contribution is 5.95. The molecule has 4 heterocycles. The minimum atomic E-state index is -0.370. The first kappa shape index (κ1) is 27.1. The second-order valence-corrected chi connectivity index (χ2v) is 10.0. The molecule has 2 aromatic carbocycles. The van der Waals surface area contributed by atoms with Crippen molar-refractivity contribution in [1.82, 2.24) is 29.7 Å². The fourth-order valence-electron chi connectivity index (χ4n) is 5.15. The van der Waals surface area contributed by atoms with Crippen molar-refractivity contribution < 1.29 is 23.8 Å². The van der Waals surface area contributed by atoms with E-state index in [1.807, 2.05) is 24.3 Å². The average Bonchev–Trinajstić information content (AvgIpc) is 3.74. The number of nitrogens with zero attached hydrogens (tertiary/aromatic N) is 6. The van der Waals surface area contributed by atoms with Crippen molar-refractivity contribution in [2.45, 2.75) is 18.9 Å². The van der Waals surface area contributed by atoms with Gasteiger partial charge in [0.1, 0.15) is 17.9 Å². The third kappa shape index (κ3) is 5.97. The smallest absolute Gasteiger partial charge is 0.254 e. The fourth-order valence-corrected chi connectivity index (χ4v) is 5.15. The lowest BCUT2D eigenvalue weighted by Crippen LogP contribution is -2.56. The summed E-state index contributed by atoms with van der Waals surface area (Å²) in [4.78, 5) is 43.8. The van der Waals surface area contributed by atoms with Crippen molar-refractivity contribution in [3.8, 4) is 23.2 Å². The van der Waals surface area contributed by atoms with Gasteiger partial charge in [-0.1, -0.05) is 6.07 Å². The number of ether oxygens (including phenoxy) is 3. The van der Waals surface area contributed by atoms with E-state index in [-0.39, 0.29) is 31.1 Å². The fraction of sp³-hybridized carbons (Fsp3) is 0.300. The Labute approximate surface area is 242 Å². The lowest BCUT2D eigenvalue weighted by Gasteiger charge is -2.42. The van der Waals surface area contributed by atoms with Crippen LogP contribution in [0.1, 0.15) is 22.3 Å². The highest BCUT2D eigenvalue weighted by Gasteiger charge is 2.33. The SMILES string of the molecule is COc1ccc(C(=O)N2CCN(c3ccnc(-n4ccnc4)n3)CC2CC(=O)NCCc2ccc3c(c2)OCO3)cc1. The molecule has 0 bridgehead atoms. The highest BCUT2D eigenvalue weighted by atomic mass is 16.7. The van der Waals surface area contributed by atoms with Crippen molar-refractivity contribution in [1.29, 1.82) is 0 Å². The van der Waals surface area contributed by atoms with Gasteiger partial charge in [0.05, 0.1) is 13.2 Å². The van der Waals surface area contributed by atoms with Gasteiger partial charge in [0.25, 0.3) is 5.91 Å². The van der Waals surface area contributed by atoms with Crippen LogP contribution in [0.25, 0.3) is 5.95 Å². The Kier molecular flexibility index (Phi) is 7.84. The Bertz CT molecular complexity index is 1540. The number of rotatable bonds is 9. The number of piperazine rings is 1. The number of benzene rings is 2. The molecule has 2 aliphatic rings. The zero-order valence-electron chi connectivity index (χ0n) is 23.2. The van der Waals surface area contributed by atoms with Gasteiger partial charge >= 0.3 is 0 Å². The summed E-state index contributed by atoms with van der Waals surface area (Å²) in [5.41, 5.74) is 1.58. The van der Waals surface area contributed by atoms with E-state index in [4.69, 9.17) is 19.2 Å². The third-order valence-corrected chi connectivity index (χ3v) is 7.36. The van der Waals surface area contributed by atoms with E-state index in [1.54, 1.807) is 65.8 Å². The summed E-state index contributed by atoms with van der Waals surface area (Å²) in [5, 5.41) is 3.02. The molecule has 0 spiro atoms. The minimum absolute atomic E-state index is 0.128.